The molecule has 0 bridgehead atoms. The molecule has 0 aliphatic rings. The molecular formula is C14H12ClFN2O4S. The van der Waals surface area contributed by atoms with E-state index in [1.807, 2.05) is 0 Å². The van der Waals surface area contributed by atoms with E-state index in [-0.39, 0.29) is 16.4 Å². The van der Waals surface area contributed by atoms with Crippen LogP contribution in [0, 0.1) is 5.82 Å². The molecule has 0 saturated heterocycles. The van der Waals surface area contributed by atoms with E-state index in [1.54, 1.807) is 0 Å². The molecule has 122 valence electrons. The summed E-state index contributed by atoms with van der Waals surface area (Å²) in [6.45, 7) is -0.702. The van der Waals surface area contributed by atoms with E-state index in [0.717, 1.165) is 12.1 Å². The highest BCUT2D eigenvalue weighted by Crippen LogP contribution is 2.23. The summed E-state index contributed by atoms with van der Waals surface area (Å²) in [5.41, 5.74) is 0.399. The van der Waals surface area contributed by atoms with Crippen LogP contribution in [0.25, 0.3) is 0 Å². The van der Waals surface area contributed by atoms with Crippen molar-refractivity contribution in [2.24, 2.45) is 0 Å². The fourth-order valence-electron chi connectivity index (χ4n) is 1.76. The molecule has 2 rings (SSSR count). The topological polar surface area (TPSA) is 95.5 Å². The van der Waals surface area contributed by atoms with E-state index < -0.39 is 33.3 Å². The number of amides is 1. The average molecular weight is 359 g/mol. The highest BCUT2D eigenvalue weighted by atomic mass is 35.5. The lowest BCUT2D eigenvalue weighted by Crippen LogP contribution is -2.17. The summed E-state index contributed by atoms with van der Waals surface area (Å²) >= 11 is 5.59. The van der Waals surface area contributed by atoms with Crippen molar-refractivity contribution in [2.45, 2.75) is 4.90 Å². The van der Waals surface area contributed by atoms with Crippen molar-refractivity contribution in [2.75, 3.05) is 16.6 Å². The monoisotopic (exact) mass is 358 g/mol. The van der Waals surface area contributed by atoms with Crippen LogP contribution in [0.2, 0.25) is 5.02 Å². The lowest BCUT2D eigenvalue weighted by molar-refractivity contribution is -0.118. The highest BCUT2D eigenvalue weighted by Gasteiger charge is 2.19. The molecule has 1 amide bonds. The van der Waals surface area contributed by atoms with Crippen LogP contribution in [0.4, 0.5) is 15.8 Å². The van der Waals surface area contributed by atoms with E-state index >= 15 is 0 Å². The quantitative estimate of drug-likeness (QED) is 0.763. The third-order valence-electron chi connectivity index (χ3n) is 2.73. The summed E-state index contributed by atoms with van der Waals surface area (Å²) in [4.78, 5) is 10.6. The number of hydrogen-bond donors (Lipinski definition) is 3. The van der Waals surface area contributed by atoms with Crippen molar-refractivity contribution >= 4 is 38.9 Å². The van der Waals surface area contributed by atoms with Crippen LogP contribution in [0.15, 0.2) is 47.4 Å². The van der Waals surface area contributed by atoms with Gasteiger partial charge in [-0.2, -0.15) is 0 Å². The lowest BCUT2D eigenvalue weighted by Gasteiger charge is -2.10. The lowest BCUT2D eigenvalue weighted by atomic mass is 10.3. The number of carbonyl (C=O) groups excluding carboxylic acids is 1. The van der Waals surface area contributed by atoms with Crippen LogP contribution in [-0.2, 0) is 14.8 Å². The minimum atomic E-state index is -4.16. The normalized spacial score (nSPS) is 11.1. The second kappa shape index (κ2) is 6.95. The van der Waals surface area contributed by atoms with Gasteiger partial charge in [0.05, 0.1) is 5.69 Å². The maximum Gasteiger partial charge on any atom is 0.264 e. The molecule has 3 N–H and O–H groups in total. The summed E-state index contributed by atoms with van der Waals surface area (Å²) in [5, 5.41) is 11.1. The summed E-state index contributed by atoms with van der Waals surface area (Å²) in [7, 11) is -4.16. The SMILES string of the molecule is O=C(CO)Nc1cccc(NS(=O)(=O)c2ccc(Cl)cc2F)c1. The number of anilines is 2. The first-order valence-corrected chi connectivity index (χ1v) is 8.16. The summed E-state index contributed by atoms with van der Waals surface area (Å²) < 4.78 is 40.4. The van der Waals surface area contributed by atoms with Gasteiger partial charge < -0.3 is 10.4 Å². The van der Waals surface area contributed by atoms with Gasteiger partial charge in [-0.3, -0.25) is 9.52 Å². The van der Waals surface area contributed by atoms with Crippen LogP contribution < -0.4 is 10.0 Å². The second-order valence-corrected chi connectivity index (χ2v) is 6.55. The number of sulfonamides is 1. The van der Waals surface area contributed by atoms with Gasteiger partial charge in [-0.05, 0) is 36.4 Å². The van der Waals surface area contributed by atoms with Gasteiger partial charge in [-0.1, -0.05) is 17.7 Å². The van der Waals surface area contributed by atoms with Crippen molar-refractivity contribution in [1.29, 1.82) is 0 Å². The van der Waals surface area contributed by atoms with Crippen molar-refractivity contribution in [3.8, 4) is 0 Å². The maximum absolute atomic E-state index is 13.8. The molecule has 0 atom stereocenters. The van der Waals surface area contributed by atoms with Crippen molar-refractivity contribution in [3.05, 3.63) is 53.3 Å². The fraction of sp³-hybridized carbons (Fsp3) is 0.0714. The van der Waals surface area contributed by atoms with Gasteiger partial charge in [0, 0.05) is 10.7 Å². The Bertz CT molecular complexity index is 842. The molecule has 9 heteroatoms. The predicted molar refractivity (Wildman–Crippen MR) is 84.4 cm³/mol. The zero-order chi connectivity index (χ0) is 17.0. The van der Waals surface area contributed by atoms with E-state index in [1.165, 1.54) is 30.3 Å². The Morgan fingerprint density at radius 3 is 2.52 bits per heavy atom. The summed E-state index contributed by atoms with van der Waals surface area (Å²) in [5.74, 6) is -1.62. The molecule has 0 saturated carbocycles. The zero-order valence-corrected chi connectivity index (χ0v) is 13.2. The van der Waals surface area contributed by atoms with Crippen molar-refractivity contribution in [1.82, 2.24) is 0 Å². The Morgan fingerprint density at radius 1 is 1.17 bits per heavy atom. The van der Waals surface area contributed by atoms with Crippen molar-refractivity contribution < 1.29 is 22.7 Å². The largest absolute Gasteiger partial charge is 0.387 e. The number of benzene rings is 2. The molecule has 0 heterocycles. The first-order valence-electron chi connectivity index (χ1n) is 6.30. The number of hydrogen-bond acceptors (Lipinski definition) is 4. The number of nitrogens with one attached hydrogen (secondary N) is 2. The second-order valence-electron chi connectivity index (χ2n) is 4.47. The molecule has 23 heavy (non-hydrogen) atoms. The van der Waals surface area contributed by atoms with Crippen LogP contribution in [0.3, 0.4) is 0 Å². The zero-order valence-electron chi connectivity index (χ0n) is 11.6. The van der Waals surface area contributed by atoms with Gasteiger partial charge >= 0.3 is 0 Å². The Labute approximate surface area is 137 Å². The standard InChI is InChI=1S/C14H12ClFN2O4S/c15-9-4-5-13(12(16)6-9)23(21,22)18-11-3-1-2-10(7-11)17-14(20)8-19/h1-7,18-19H,8H2,(H,17,20). The molecule has 0 aliphatic carbocycles. The number of rotatable bonds is 5. The van der Waals surface area contributed by atoms with Gasteiger partial charge in [-0.25, -0.2) is 12.8 Å². The number of aliphatic hydroxyl groups excluding tert-OH is 1. The molecule has 6 nitrogen and oxygen atoms in total. The van der Waals surface area contributed by atoms with E-state index in [9.17, 15) is 17.6 Å². The average Bonchev–Trinajstić information content (AvgIpc) is 2.46. The van der Waals surface area contributed by atoms with Crippen LogP contribution in [-0.4, -0.2) is 26.0 Å². The summed E-state index contributed by atoms with van der Waals surface area (Å²) in [6.07, 6.45) is 0. The van der Waals surface area contributed by atoms with Gasteiger partial charge in [0.2, 0.25) is 5.91 Å². The highest BCUT2D eigenvalue weighted by molar-refractivity contribution is 7.92. The molecule has 0 fully saturated rings. The Kier molecular flexibility index (Phi) is 5.19. The van der Waals surface area contributed by atoms with E-state index in [4.69, 9.17) is 16.7 Å². The minimum Gasteiger partial charge on any atom is -0.387 e. The van der Waals surface area contributed by atoms with Crippen LogP contribution >= 0.6 is 11.6 Å². The van der Waals surface area contributed by atoms with Gasteiger partial charge in [-0.15, -0.1) is 0 Å². The molecule has 2 aromatic rings. The van der Waals surface area contributed by atoms with E-state index in [2.05, 4.69) is 10.0 Å². The molecule has 0 unspecified atom stereocenters. The van der Waals surface area contributed by atoms with Crippen LogP contribution in [0.5, 0.6) is 0 Å². The smallest absolute Gasteiger partial charge is 0.264 e. The van der Waals surface area contributed by atoms with Crippen LogP contribution in [0.1, 0.15) is 0 Å². The third kappa shape index (κ3) is 4.41. The van der Waals surface area contributed by atoms with E-state index in [0.29, 0.717) is 0 Å². The molecule has 0 aliphatic heterocycles. The van der Waals surface area contributed by atoms with Crippen molar-refractivity contribution in [3.63, 3.8) is 0 Å². The molecule has 2 aromatic carbocycles. The van der Waals surface area contributed by atoms with Gasteiger partial charge in [0.1, 0.15) is 17.3 Å². The molecule has 0 spiro atoms. The number of aliphatic hydroxyl groups is 1. The molecule has 0 aromatic heterocycles. The predicted octanol–water partition coefficient (Wildman–Crippen LogP) is 2.21. The molecule has 0 radical (unpaired) electrons. The Morgan fingerprint density at radius 2 is 1.87 bits per heavy atom. The summed E-state index contributed by atoms with van der Waals surface area (Å²) in [6, 6.07) is 8.97. The molecular weight excluding hydrogens is 347 g/mol. The van der Waals surface area contributed by atoms with Gasteiger partial charge in [0.15, 0.2) is 0 Å². The third-order valence-corrected chi connectivity index (χ3v) is 4.38. The Balaban J connectivity index is 2.27. The van der Waals surface area contributed by atoms with Gasteiger partial charge in [0.25, 0.3) is 10.0 Å². The minimum absolute atomic E-state index is 0.0789. The number of carbonyl (C=O) groups is 1. The fourth-order valence-corrected chi connectivity index (χ4v) is 3.03. The maximum atomic E-state index is 13.8. The first kappa shape index (κ1) is 17.2. The Hall–Kier alpha value is -2.16. The first-order chi connectivity index (χ1) is 10.8. The number of halogens is 2.